The highest BCUT2D eigenvalue weighted by molar-refractivity contribution is 14.0. The third-order valence-electron chi connectivity index (χ3n) is 5.36. The molecule has 0 spiro atoms. The van der Waals surface area contributed by atoms with Gasteiger partial charge in [0.25, 0.3) is 0 Å². The third kappa shape index (κ3) is 5.81. The number of aliphatic imine (C=N–C) groups is 1. The van der Waals surface area contributed by atoms with E-state index in [0.29, 0.717) is 5.91 Å². The van der Waals surface area contributed by atoms with Crippen LogP contribution in [0, 0.1) is 0 Å². The first-order valence-corrected chi connectivity index (χ1v) is 9.63. The molecular weight excluding hydrogens is 457 g/mol. The average molecular weight is 489 g/mol. The van der Waals surface area contributed by atoms with Crippen molar-refractivity contribution in [1.82, 2.24) is 29.6 Å². The lowest BCUT2D eigenvalue weighted by Gasteiger charge is -2.39. The minimum Gasteiger partial charge on any atom is -0.354 e. The van der Waals surface area contributed by atoms with Crippen molar-refractivity contribution < 1.29 is 4.79 Å². The predicted octanol–water partition coefficient (Wildman–Crippen LogP) is 0.705. The van der Waals surface area contributed by atoms with Crippen molar-refractivity contribution in [3.05, 3.63) is 18.7 Å². The quantitative estimate of drug-likeness (QED) is 0.375. The van der Waals surface area contributed by atoms with E-state index >= 15 is 0 Å². The van der Waals surface area contributed by atoms with Crippen LogP contribution in [0.15, 0.2) is 23.7 Å². The van der Waals surface area contributed by atoms with Gasteiger partial charge in [-0.3, -0.25) is 14.7 Å². The van der Waals surface area contributed by atoms with Crippen molar-refractivity contribution in [1.29, 1.82) is 0 Å². The van der Waals surface area contributed by atoms with Crippen LogP contribution in [0.1, 0.15) is 19.8 Å². The monoisotopic (exact) mass is 489 g/mol. The zero-order valence-corrected chi connectivity index (χ0v) is 18.7. The summed E-state index contributed by atoms with van der Waals surface area (Å²) in [6, 6.07) is -0.0218. The second-order valence-corrected chi connectivity index (χ2v) is 7.01. The van der Waals surface area contributed by atoms with Crippen molar-refractivity contribution in [2.75, 3.05) is 52.9 Å². The van der Waals surface area contributed by atoms with Gasteiger partial charge in [0.05, 0.1) is 12.4 Å². The average Bonchev–Trinajstić information content (AvgIpc) is 3.38. The van der Waals surface area contributed by atoms with Gasteiger partial charge in [0.1, 0.15) is 0 Å². The van der Waals surface area contributed by atoms with Gasteiger partial charge in [-0.05, 0) is 19.8 Å². The van der Waals surface area contributed by atoms with E-state index in [-0.39, 0.29) is 30.0 Å². The molecule has 2 aliphatic heterocycles. The zero-order valence-electron chi connectivity index (χ0n) is 16.4. The number of guanidine groups is 1. The Morgan fingerprint density at radius 2 is 1.85 bits per heavy atom. The van der Waals surface area contributed by atoms with Crippen LogP contribution >= 0.6 is 24.0 Å². The number of hydrogen-bond donors (Lipinski definition) is 1. The van der Waals surface area contributed by atoms with E-state index in [0.717, 1.165) is 71.2 Å². The highest BCUT2D eigenvalue weighted by Gasteiger charge is 2.30. The number of piperazine rings is 1. The minimum atomic E-state index is -0.0218. The van der Waals surface area contributed by atoms with Crippen molar-refractivity contribution >= 4 is 35.8 Å². The molecule has 8 nitrogen and oxygen atoms in total. The summed E-state index contributed by atoms with van der Waals surface area (Å²) in [4.78, 5) is 27.7. The summed E-state index contributed by atoms with van der Waals surface area (Å²) >= 11 is 0. The molecule has 1 unspecified atom stereocenters. The summed E-state index contributed by atoms with van der Waals surface area (Å²) in [5, 5.41) is 3.42. The molecule has 1 N–H and O–H groups in total. The van der Waals surface area contributed by atoms with Crippen LogP contribution in [0.4, 0.5) is 0 Å². The van der Waals surface area contributed by atoms with Crippen molar-refractivity contribution in [3.8, 4) is 0 Å². The highest BCUT2D eigenvalue weighted by Crippen LogP contribution is 2.14. The number of rotatable bonds is 5. The lowest BCUT2D eigenvalue weighted by Crippen LogP contribution is -2.57. The van der Waals surface area contributed by atoms with E-state index in [1.54, 1.807) is 6.20 Å². The van der Waals surface area contributed by atoms with Gasteiger partial charge in [-0.15, -0.1) is 24.0 Å². The summed E-state index contributed by atoms with van der Waals surface area (Å²) in [6.45, 7) is 9.14. The molecular formula is C18H32IN7O. The number of carbonyl (C=O) groups is 1. The molecule has 1 amide bonds. The first-order valence-electron chi connectivity index (χ1n) is 9.63. The van der Waals surface area contributed by atoms with E-state index in [1.807, 2.05) is 29.0 Å². The Labute approximate surface area is 179 Å². The summed E-state index contributed by atoms with van der Waals surface area (Å²) < 4.78 is 2.05. The summed E-state index contributed by atoms with van der Waals surface area (Å²) in [5.41, 5.74) is 0. The SMILES string of the molecule is CN=C(NCCn1ccnc1)N1CCN(C(C)C(=O)N2CCCC2)CC1.I. The summed E-state index contributed by atoms with van der Waals surface area (Å²) in [5.74, 6) is 1.22. The van der Waals surface area contributed by atoms with Gasteiger partial charge in [-0.2, -0.15) is 0 Å². The molecule has 2 saturated heterocycles. The lowest BCUT2D eigenvalue weighted by atomic mass is 10.2. The first kappa shape index (κ1) is 21.9. The van der Waals surface area contributed by atoms with Crippen LogP contribution in [-0.4, -0.2) is 95.0 Å². The standard InChI is InChI=1S/C18H31N7O.HI/c1-16(17(26)24-7-3-4-8-24)23-11-13-25(14-12-23)18(19-2)21-6-10-22-9-5-20-15-22;/h5,9,15-16H,3-4,6-8,10-14H2,1-2H3,(H,19,21);1H. The Balaban J connectivity index is 0.00000261. The van der Waals surface area contributed by atoms with Gasteiger partial charge in [-0.1, -0.05) is 0 Å². The second-order valence-electron chi connectivity index (χ2n) is 7.01. The predicted molar refractivity (Wildman–Crippen MR) is 117 cm³/mol. The minimum absolute atomic E-state index is 0. The van der Waals surface area contributed by atoms with Gasteiger partial charge >= 0.3 is 0 Å². The van der Waals surface area contributed by atoms with Crippen molar-refractivity contribution in [2.24, 2.45) is 4.99 Å². The summed E-state index contributed by atoms with van der Waals surface area (Å²) in [7, 11) is 1.82. The number of nitrogens with one attached hydrogen (secondary N) is 1. The van der Waals surface area contributed by atoms with Crippen LogP contribution in [0.25, 0.3) is 0 Å². The van der Waals surface area contributed by atoms with E-state index in [4.69, 9.17) is 0 Å². The summed E-state index contributed by atoms with van der Waals surface area (Å²) in [6.07, 6.45) is 7.86. The highest BCUT2D eigenvalue weighted by atomic mass is 127. The number of hydrogen-bond acceptors (Lipinski definition) is 4. The molecule has 152 valence electrons. The molecule has 3 rings (SSSR count). The smallest absolute Gasteiger partial charge is 0.239 e. The van der Waals surface area contributed by atoms with Crippen LogP contribution in [-0.2, 0) is 11.3 Å². The maximum Gasteiger partial charge on any atom is 0.239 e. The van der Waals surface area contributed by atoms with E-state index < -0.39 is 0 Å². The van der Waals surface area contributed by atoms with E-state index in [2.05, 4.69) is 32.0 Å². The molecule has 27 heavy (non-hydrogen) atoms. The number of carbonyl (C=O) groups excluding carboxylic acids is 1. The molecule has 0 aliphatic carbocycles. The van der Waals surface area contributed by atoms with E-state index in [9.17, 15) is 4.79 Å². The topological polar surface area (TPSA) is 69.0 Å². The molecule has 3 heterocycles. The van der Waals surface area contributed by atoms with Crippen LogP contribution in [0.3, 0.4) is 0 Å². The van der Waals surface area contributed by atoms with Crippen LogP contribution in [0.2, 0.25) is 0 Å². The second kappa shape index (κ2) is 10.8. The number of aromatic nitrogens is 2. The van der Waals surface area contributed by atoms with Crippen molar-refractivity contribution in [2.45, 2.75) is 32.4 Å². The lowest BCUT2D eigenvalue weighted by molar-refractivity contribution is -0.135. The Bertz CT molecular complexity index is 593. The fourth-order valence-electron chi connectivity index (χ4n) is 3.73. The number of imidazole rings is 1. The molecule has 1 aromatic rings. The molecule has 9 heteroatoms. The Morgan fingerprint density at radius 1 is 1.15 bits per heavy atom. The number of halogens is 1. The van der Waals surface area contributed by atoms with Gasteiger partial charge < -0.3 is 19.7 Å². The Morgan fingerprint density at radius 3 is 2.44 bits per heavy atom. The normalized spacial score (nSPS) is 19.7. The maximum atomic E-state index is 12.6. The van der Waals surface area contributed by atoms with Gasteiger partial charge in [0.2, 0.25) is 5.91 Å². The molecule has 0 bridgehead atoms. The molecule has 0 radical (unpaired) electrons. The molecule has 0 aromatic carbocycles. The Kier molecular flexibility index (Phi) is 8.81. The van der Waals surface area contributed by atoms with Gasteiger partial charge in [0.15, 0.2) is 5.96 Å². The van der Waals surface area contributed by atoms with Crippen LogP contribution in [0.5, 0.6) is 0 Å². The first-order chi connectivity index (χ1) is 12.7. The zero-order chi connectivity index (χ0) is 18.4. The van der Waals surface area contributed by atoms with Crippen molar-refractivity contribution in [3.63, 3.8) is 0 Å². The molecule has 2 fully saturated rings. The number of nitrogens with zero attached hydrogens (tertiary/aromatic N) is 6. The molecule has 2 aliphatic rings. The molecule has 1 aromatic heterocycles. The molecule has 0 saturated carbocycles. The van der Waals surface area contributed by atoms with E-state index in [1.165, 1.54) is 0 Å². The fraction of sp³-hybridized carbons (Fsp3) is 0.722. The number of amides is 1. The Hall–Kier alpha value is -1.36. The van der Waals surface area contributed by atoms with Crippen LogP contribution < -0.4 is 5.32 Å². The molecule has 1 atom stereocenters. The fourth-order valence-corrected chi connectivity index (χ4v) is 3.73. The third-order valence-corrected chi connectivity index (χ3v) is 5.36. The van der Waals surface area contributed by atoms with Gasteiger partial charge in [-0.25, -0.2) is 4.98 Å². The largest absolute Gasteiger partial charge is 0.354 e. The van der Waals surface area contributed by atoms with Gasteiger partial charge in [0, 0.05) is 71.8 Å². The maximum absolute atomic E-state index is 12.6. The number of likely N-dealkylation sites (tertiary alicyclic amines) is 1.